The Hall–Kier alpha value is -2.94. The minimum absolute atomic E-state index is 0.158. The number of nitrogens with zero attached hydrogens (tertiary/aromatic N) is 1. The van der Waals surface area contributed by atoms with Crippen LogP contribution in [0.15, 0.2) is 18.2 Å². The number of aliphatic hydroxyl groups excluding tert-OH is 1. The molecule has 1 saturated heterocycles. The van der Waals surface area contributed by atoms with E-state index in [1.54, 1.807) is 6.08 Å². The molecule has 0 aliphatic carbocycles. The van der Waals surface area contributed by atoms with Crippen LogP contribution in [-0.2, 0) is 9.53 Å². The molecule has 0 spiro atoms. The van der Waals surface area contributed by atoms with E-state index >= 15 is 0 Å². The maximum atomic E-state index is 12.9. The number of nitrogens with one attached hydrogen (secondary N) is 3. The van der Waals surface area contributed by atoms with E-state index in [9.17, 15) is 14.7 Å². The van der Waals surface area contributed by atoms with Gasteiger partial charge in [-0.25, -0.2) is 0 Å². The van der Waals surface area contributed by atoms with Gasteiger partial charge in [-0.1, -0.05) is 11.6 Å². The van der Waals surface area contributed by atoms with E-state index in [1.165, 1.54) is 0 Å². The standard InChI is InChI=1S/C24H30N4O4/c1-14-4-5-20-18(10-14)19(23(30)27-20)11-21-15(2)22(16(3)26-21)24(31)25-12-17(29)13-28-6-8-32-9-7-28/h4-5,10-11,17,26,29H,6-9,12-13H2,1-3H3,(H,25,31)(H,27,30)/b19-11-/t17-/m0/s1. The predicted molar refractivity (Wildman–Crippen MR) is 124 cm³/mol. The van der Waals surface area contributed by atoms with Gasteiger partial charge in [0.15, 0.2) is 0 Å². The molecular formula is C24H30N4O4. The van der Waals surface area contributed by atoms with E-state index in [4.69, 9.17) is 4.74 Å². The van der Waals surface area contributed by atoms with Gasteiger partial charge in [-0.15, -0.1) is 0 Å². The van der Waals surface area contributed by atoms with E-state index in [0.717, 1.165) is 46.9 Å². The first kappa shape index (κ1) is 22.3. The number of hydrogen-bond donors (Lipinski definition) is 4. The van der Waals surface area contributed by atoms with Crippen molar-refractivity contribution in [2.45, 2.75) is 26.9 Å². The number of benzene rings is 1. The van der Waals surface area contributed by atoms with Crippen LogP contribution >= 0.6 is 0 Å². The molecule has 2 aliphatic rings. The van der Waals surface area contributed by atoms with Crippen molar-refractivity contribution in [3.8, 4) is 0 Å². The van der Waals surface area contributed by atoms with Gasteiger partial charge in [-0.3, -0.25) is 14.5 Å². The molecule has 170 valence electrons. The van der Waals surface area contributed by atoms with Crippen molar-refractivity contribution in [1.29, 1.82) is 0 Å². The van der Waals surface area contributed by atoms with Crippen molar-refractivity contribution in [3.05, 3.63) is 51.8 Å². The Morgan fingerprint density at radius 1 is 1.28 bits per heavy atom. The maximum absolute atomic E-state index is 12.9. The fraction of sp³-hybridized carbons (Fsp3) is 0.417. The first-order valence-electron chi connectivity index (χ1n) is 10.9. The molecule has 1 aromatic carbocycles. The first-order valence-corrected chi connectivity index (χ1v) is 10.9. The summed E-state index contributed by atoms with van der Waals surface area (Å²) in [5.41, 5.74) is 6.04. The van der Waals surface area contributed by atoms with Crippen LogP contribution in [0, 0.1) is 20.8 Å². The second-order valence-corrected chi connectivity index (χ2v) is 8.50. The Kier molecular flexibility index (Phi) is 6.45. The van der Waals surface area contributed by atoms with E-state index < -0.39 is 6.10 Å². The number of carbonyl (C=O) groups excluding carboxylic acids is 2. The summed E-state index contributed by atoms with van der Waals surface area (Å²) in [6.45, 7) is 9.26. The van der Waals surface area contributed by atoms with E-state index in [1.807, 2.05) is 39.0 Å². The third-order valence-electron chi connectivity index (χ3n) is 6.02. The monoisotopic (exact) mass is 438 g/mol. The van der Waals surface area contributed by atoms with Crippen LogP contribution < -0.4 is 10.6 Å². The lowest BCUT2D eigenvalue weighted by atomic mass is 10.0. The van der Waals surface area contributed by atoms with Gasteiger partial charge in [-0.05, 0) is 44.5 Å². The van der Waals surface area contributed by atoms with Crippen LogP contribution in [0.1, 0.15) is 38.4 Å². The second kappa shape index (κ2) is 9.28. The molecule has 4 rings (SSSR count). The molecule has 0 bridgehead atoms. The fourth-order valence-electron chi connectivity index (χ4n) is 4.29. The molecule has 8 nitrogen and oxygen atoms in total. The van der Waals surface area contributed by atoms with Crippen molar-refractivity contribution in [1.82, 2.24) is 15.2 Å². The number of aromatic amines is 1. The maximum Gasteiger partial charge on any atom is 0.256 e. The number of fused-ring (bicyclic) bond motifs is 1. The highest BCUT2D eigenvalue weighted by Gasteiger charge is 2.26. The largest absolute Gasteiger partial charge is 0.390 e. The lowest BCUT2D eigenvalue weighted by Crippen LogP contribution is -2.44. The molecule has 1 fully saturated rings. The zero-order valence-electron chi connectivity index (χ0n) is 18.7. The number of aliphatic hydroxyl groups is 1. The number of aromatic nitrogens is 1. The van der Waals surface area contributed by atoms with Crippen molar-refractivity contribution in [3.63, 3.8) is 0 Å². The van der Waals surface area contributed by atoms with E-state index in [-0.39, 0.29) is 18.4 Å². The molecule has 1 aromatic heterocycles. The highest BCUT2D eigenvalue weighted by Crippen LogP contribution is 2.34. The molecular weight excluding hydrogens is 408 g/mol. The number of ether oxygens (including phenoxy) is 1. The van der Waals surface area contributed by atoms with Crippen LogP contribution in [0.25, 0.3) is 11.6 Å². The Labute approximate surface area is 187 Å². The molecule has 0 saturated carbocycles. The zero-order chi connectivity index (χ0) is 22.8. The van der Waals surface area contributed by atoms with Crippen LogP contribution in [0.3, 0.4) is 0 Å². The number of carbonyl (C=O) groups is 2. The third-order valence-corrected chi connectivity index (χ3v) is 6.02. The molecule has 32 heavy (non-hydrogen) atoms. The second-order valence-electron chi connectivity index (χ2n) is 8.50. The van der Waals surface area contributed by atoms with Gasteiger partial charge < -0.3 is 25.5 Å². The van der Waals surface area contributed by atoms with Crippen molar-refractivity contribution in [2.75, 3.05) is 44.7 Å². The Bertz CT molecular complexity index is 1070. The lowest BCUT2D eigenvalue weighted by molar-refractivity contribution is -0.110. The zero-order valence-corrected chi connectivity index (χ0v) is 18.7. The SMILES string of the molecule is Cc1ccc2c(c1)/C(=C/c1[nH]c(C)c(C(=O)NC[C@H](O)CN3CCOCC3)c1C)C(=O)N2. The summed E-state index contributed by atoms with van der Waals surface area (Å²) in [5.74, 6) is -0.400. The van der Waals surface area contributed by atoms with Crippen LogP contribution in [0.5, 0.6) is 0 Å². The van der Waals surface area contributed by atoms with Crippen molar-refractivity contribution >= 4 is 29.2 Å². The average molecular weight is 439 g/mol. The van der Waals surface area contributed by atoms with Gasteiger partial charge in [0.25, 0.3) is 11.8 Å². The summed E-state index contributed by atoms with van der Waals surface area (Å²) in [4.78, 5) is 30.7. The fourth-order valence-corrected chi connectivity index (χ4v) is 4.29. The number of amides is 2. The molecule has 2 aliphatic heterocycles. The van der Waals surface area contributed by atoms with Gasteiger partial charge in [0.1, 0.15) is 0 Å². The number of rotatable bonds is 6. The number of anilines is 1. The van der Waals surface area contributed by atoms with Crippen LogP contribution in [-0.4, -0.2) is 72.3 Å². The molecule has 4 N–H and O–H groups in total. The molecule has 0 unspecified atom stereocenters. The smallest absolute Gasteiger partial charge is 0.256 e. The number of aryl methyl sites for hydroxylation is 2. The summed E-state index contributed by atoms with van der Waals surface area (Å²) in [7, 11) is 0. The van der Waals surface area contributed by atoms with Gasteiger partial charge in [0, 0.05) is 48.8 Å². The van der Waals surface area contributed by atoms with Crippen LogP contribution in [0.2, 0.25) is 0 Å². The molecule has 2 amide bonds. The molecule has 0 radical (unpaired) electrons. The van der Waals surface area contributed by atoms with Gasteiger partial charge in [0.2, 0.25) is 0 Å². The predicted octanol–water partition coefficient (Wildman–Crippen LogP) is 1.86. The summed E-state index contributed by atoms with van der Waals surface area (Å²) in [5, 5.41) is 16.0. The Morgan fingerprint density at radius 3 is 2.78 bits per heavy atom. The number of hydrogen-bond acceptors (Lipinski definition) is 5. The highest BCUT2D eigenvalue weighted by molar-refractivity contribution is 6.35. The van der Waals surface area contributed by atoms with Crippen molar-refractivity contribution in [2.24, 2.45) is 0 Å². The third kappa shape index (κ3) is 4.62. The van der Waals surface area contributed by atoms with Crippen LogP contribution in [0.4, 0.5) is 5.69 Å². The topological polar surface area (TPSA) is 107 Å². The number of morpholine rings is 1. The summed E-state index contributed by atoms with van der Waals surface area (Å²) in [6.07, 6.45) is 1.15. The van der Waals surface area contributed by atoms with Gasteiger partial charge >= 0.3 is 0 Å². The minimum Gasteiger partial charge on any atom is -0.390 e. The normalized spacial score (nSPS) is 18.5. The molecule has 2 aromatic rings. The summed E-state index contributed by atoms with van der Waals surface area (Å²) >= 11 is 0. The average Bonchev–Trinajstić information content (AvgIpc) is 3.22. The van der Waals surface area contributed by atoms with Crippen molar-refractivity contribution < 1.29 is 19.4 Å². The molecule has 1 atom stereocenters. The Balaban J connectivity index is 1.47. The minimum atomic E-state index is -0.653. The van der Waals surface area contributed by atoms with Gasteiger partial charge in [-0.2, -0.15) is 0 Å². The first-order chi connectivity index (χ1) is 15.3. The summed E-state index contributed by atoms with van der Waals surface area (Å²) in [6, 6.07) is 5.84. The summed E-state index contributed by atoms with van der Waals surface area (Å²) < 4.78 is 5.32. The molecule has 8 heteroatoms. The Morgan fingerprint density at radius 2 is 2.03 bits per heavy atom. The number of H-pyrrole nitrogens is 1. The van der Waals surface area contributed by atoms with E-state index in [2.05, 4.69) is 20.5 Å². The highest BCUT2D eigenvalue weighted by atomic mass is 16.5. The van der Waals surface area contributed by atoms with E-state index in [0.29, 0.717) is 30.9 Å². The number of β-amino-alcohol motifs (C(OH)–C–C–N with tert-alkyl or cyclic N) is 1. The lowest BCUT2D eigenvalue weighted by Gasteiger charge is -2.28. The molecule has 3 heterocycles. The quantitative estimate of drug-likeness (QED) is 0.515. The van der Waals surface area contributed by atoms with Gasteiger partial charge in [0.05, 0.1) is 30.5 Å².